The molecule has 1 aromatic carbocycles. The van der Waals surface area contributed by atoms with Gasteiger partial charge in [-0.15, -0.1) is 0 Å². The van der Waals surface area contributed by atoms with Crippen LogP contribution in [0.3, 0.4) is 0 Å². The van der Waals surface area contributed by atoms with Crippen LogP contribution < -0.4 is 16.0 Å². The van der Waals surface area contributed by atoms with E-state index in [1.54, 1.807) is 35.1 Å². The van der Waals surface area contributed by atoms with E-state index in [9.17, 15) is 4.39 Å². The third-order valence-corrected chi connectivity index (χ3v) is 2.50. The Morgan fingerprint density at radius 1 is 1.37 bits per heavy atom. The second-order valence-corrected chi connectivity index (χ2v) is 3.79. The Morgan fingerprint density at radius 3 is 3.05 bits per heavy atom. The minimum Gasteiger partial charge on any atom is -0.436 e. The fraction of sp³-hybridized carbons (Fsp3) is 0. The SMILES string of the molecule is NNc1cn2ccnc2c(Oc2cccc(F)c2)n1. The summed E-state index contributed by atoms with van der Waals surface area (Å²) in [6.07, 6.45) is 5.01. The summed E-state index contributed by atoms with van der Waals surface area (Å²) in [5.41, 5.74) is 2.95. The number of nitrogens with two attached hydrogens (primary N) is 1. The van der Waals surface area contributed by atoms with Crippen molar-refractivity contribution in [3.8, 4) is 11.6 Å². The summed E-state index contributed by atoms with van der Waals surface area (Å²) in [5.74, 6) is 5.94. The zero-order chi connectivity index (χ0) is 13.2. The van der Waals surface area contributed by atoms with Crippen molar-refractivity contribution in [1.82, 2.24) is 14.4 Å². The number of hydrazine groups is 1. The molecule has 0 fully saturated rings. The smallest absolute Gasteiger partial charge is 0.265 e. The second-order valence-electron chi connectivity index (χ2n) is 3.79. The molecular formula is C12H10FN5O. The Balaban J connectivity index is 2.06. The standard InChI is InChI=1S/C12H10FN5O/c13-8-2-1-3-9(6-8)19-12-11-15-4-5-18(11)7-10(16-12)17-14/h1-7,17H,14H2. The molecule has 0 atom stereocenters. The molecule has 0 radical (unpaired) electrons. The van der Waals surface area contributed by atoms with Crippen LogP contribution in [0, 0.1) is 5.82 Å². The number of hydrogen-bond donors (Lipinski definition) is 2. The van der Waals surface area contributed by atoms with Gasteiger partial charge in [0.25, 0.3) is 5.88 Å². The average Bonchev–Trinajstić information content (AvgIpc) is 2.87. The van der Waals surface area contributed by atoms with Gasteiger partial charge in [0.1, 0.15) is 11.6 Å². The van der Waals surface area contributed by atoms with E-state index in [0.29, 0.717) is 17.2 Å². The zero-order valence-corrected chi connectivity index (χ0v) is 9.75. The summed E-state index contributed by atoms with van der Waals surface area (Å²) in [5, 5.41) is 0. The summed E-state index contributed by atoms with van der Waals surface area (Å²) < 4.78 is 20.4. The van der Waals surface area contributed by atoms with Crippen molar-refractivity contribution < 1.29 is 9.13 Å². The van der Waals surface area contributed by atoms with E-state index in [1.807, 2.05) is 0 Å². The Bertz CT molecular complexity index is 727. The fourth-order valence-corrected chi connectivity index (χ4v) is 1.68. The van der Waals surface area contributed by atoms with Crippen LogP contribution in [0.25, 0.3) is 5.65 Å². The first-order valence-electron chi connectivity index (χ1n) is 5.50. The van der Waals surface area contributed by atoms with Gasteiger partial charge in [0.15, 0.2) is 5.82 Å². The Kier molecular flexibility index (Phi) is 2.73. The molecule has 0 bridgehead atoms. The molecule has 0 unspecified atom stereocenters. The third kappa shape index (κ3) is 2.18. The van der Waals surface area contributed by atoms with Crippen molar-refractivity contribution in [3.05, 3.63) is 48.7 Å². The van der Waals surface area contributed by atoms with E-state index in [4.69, 9.17) is 10.6 Å². The number of nitrogens with zero attached hydrogens (tertiary/aromatic N) is 3. The van der Waals surface area contributed by atoms with Gasteiger partial charge in [-0.3, -0.25) is 4.40 Å². The predicted molar refractivity (Wildman–Crippen MR) is 67.3 cm³/mol. The number of nitrogens with one attached hydrogen (secondary N) is 1. The summed E-state index contributed by atoms with van der Waals surface area (Å²) in [7, 11) is 0. The van der Waals surface area contributed by atoms with Gasteiger partial charge in [-0.1, -0.05) is 6.07 Å². The van der Waals surface area contributed by atoms with Crippen LogP contribution in [-0.4, -0.2) is 14.4 Å². The molecule has 7 heteroatoms. The number of nitrogen functional groups attached to an aromatic ring is 1. The lowest BCUT2D eigenvalue weighted by Crippen LogP contribution is -2.10. The molecule has 0 amide bonds. The molecule has 6 nitrogen and oxygen atoms in total. The van der Waals surface area contributed by atoms with Gasteiger partial charge >= 0.3 is 0 Å². The number of ether oxygens (including phenoxy) is 1. The van der Waals surface area contributed by atoms with E-state index < -0.39 is 0 Å². The van der Waals surface area contributed by atoms with Crippen molar-refractivity contribution in [2.75, 3.05) is 5.43 Å². The largest absolute Gasteiger partial charge is 0.436 e. The van der Waals surface area contributed by atoms with Gasteiger partial charge in [0.05, 0.1) is 6.20 Å². The lowest BCUT2D eigenvalue weighted by Gasteiger charge is -2.08. The Hall–Kier alpha value is -2.67. The van der Waals surface area contributed by atoms with Crippen molar-refractivity contribution in [2.24, 2.45) is 5.84 Å². The molecule has 19 heavy (non-hydrogen) atoms. The monoisotopic (exact) mass is 259 g/mol. The molecule has 0 spiro atoms. The molecule has 3 N–H and O–H groups in total. The highest BCUT2D eigenvalue weighted by atomic mass is 19.1. The van der Waals surface area contributed by atoms with Crippen LogP contribution in [-0.2, 0) is 0 Å². The number of aromatic nitrogens is 3. The van der Waals surface area contributed by atoms with Crippen molar-refractivity contribution in [3.63, 3.8) is 0 Å². The normalized spacial score (nSPS) is 10.6. The highest BCUT2D eigenvalue weighted by Gasteiger charge is 2.09. The Labute approximate surface area is 107 Å². The van der Waals surface area contributed by atoms with E-state index in [-0.39, 0.29) is 11.7 Å². The predicted octanol–water partition coefficient (Wildman–Crippen LogP) is 1.95. The maximum atomic E-state index is 13.1. The first-order valence-corrected chi connectivity index (χ1v) is 5.50. The molecular weight excluding hydrogens is 249 g/mol. The summed E-state index contributed by atoms with van der Waals surface area (Å²) in [6, 6.07) is 5.79. The first kappa shape index (κ1) is 11.4. The number of rotatable bonds is 3. The quantitative estimate of drug-likeness (QED) is 0.555. The van der Waals surface area contributed by atoms with Gasteiger partial charge in [-0.25, -0.2) is 15.2 Å². The van der Waals surface area contributed by atoms with Gasteiger partial charge in [0, 0.05) is 18.5 Å². The number of hydrogen-bond acceptors (Lipinski definition) is 5. The number of benzene rings is 1. The molecule has 0 aliphatic rings. The molecule has 0 aliphatic heterocycles. The summed E-state index contributed by atoms with van der Waals surface area (Å²) in [6.45, 7) is 0. The van der Waals surface area contributed by atoms with Crippen molar-refractivity contribution in [1.29, 1.82) is 0 Å². The highest BCUT2D eigenvalue weighted by molar-refractivity contribution is 5.54. The van der Waals surface area contributed by atoms with Gasteiger partial charge < -0.3 is 10.2 Å². The Morgan fingerprint density at radius 2 is 2.26 bits per heavy atom. The van der Waals surface area contributed by atoms with Crippen LogP contribution >= 0.6 is 0 Å². The van der Waals surface area contributed by atoms with Crippen molar-refractivity contribution in [2.45, 2.75) is 0 Å². The molecule has 96 valence electrons. The average molecular weight is 259 g/mol. The van der Waals surface area contributed by atoms with E-state index in [1.165, 1.54) is 12.1 Å². The third-order valence-electron chi connectivity index (χ3n) is 2.50. The van der Waals surface area contributed by atoms with E-state index in [2.05, 4.69) is 15.4 Å². The molecule has 3 aromatic rings. The van der Waals surface area contributed by atoms with Gasteiger partial charge in [-0.2, -0.15) is 4.98 Å². The fourth-order valence-electron chi connectivity index (χ4n) is 1.68. The van der Waals surface area contributed by atoms with E-state index >= 15 is 0 Å². The topological polar surface area (TPSA) is 77.5 Å². The molecule has 0 saturated carbocycles. The van der Waals surface area contributed by atoms with Crippen LogP contribution in [0.1, 0.15) is 0 Å². The van der Waals surface area contributed by atoms with E-state index in [0.717, 1.165) is 0 Å². The molecule has 0 saturated heterocycles. The summed E-state index contributed by atoms with van der Waals surface area (Å²) in [4.78, 5) is 8.28. The first-order chi connectivity index (χ1) is 9.26. The van der Waals surface area contributed by atoms with Gasteiger partial charge in [0.2, 0.25) is 5.65 Å². The molecule has 2 heterocycles. The molecule has 3 rings (SSSR count). The molecule has 0 aliphatic carbocycles. The van der Waals surface area contributed by atoms with Crippen LogP contribution in [0.2, 0.25) is 0 Å². The lowest BCUT2D eigenvalue weighted by atomic mass is 10.3. The number of anilines is 1. The lowest BCUT2D eigenvalue weighted by molar-refractivity contribution is 0.461. The van der Waals surface area contributed by atoms with Gasteiger partial charge in [-0.05, 0) is 12.1 Å². The highest BCUT2D eigenvalue weighted by Crippen LogP contribution is 2.25. The van der Waals surface area contributed by atoms with Crippen LogP contribution in [0.15, 0.2) is 42.9 Å². The number of fused-ring (bicyclic) bond motifs is 1. The number of halogens is 1. The van der Waals surface area contributed by atoms with Crippen LogP contribution in [0.4, 0.5) is 10.2 Å². The number of imidazole rings is 1. The van der Waals surface area contributed by atoms with Crippen molar-refractivity contribution >= 4 is 11.5 Å². The zero-order valence-electron chi connectivity index (χ0n) is 9.75. The summed E-state index contributed by atoms with van der Waals surface area (Å²) >= 11 is 0. The minimum absolute atomic E-state index is 0.242. The van der Waals surface area contributed by atoms with Crippen LogP contribution in [0.5, 0.6) is 11.6 Å². The maximum Gasteiger partial charge on any atom is 0.265 e. The minimum atomic E-state index is -0.384. The second kappa shape index (κ2) is 4.54. The molecule has 2 aromatic heterocycles. The maximum absolute atomic E-state index is 13.1.